The average molecular weight is 312 g/mol. The summed E-state index contributed by atoms with van der Waals surface area (Å²) in [5.41, 5.74) is 3.19. The molecule has 1 N–H and O–H groups in total. The molecule has 8 heteroatoms. The number of nitrogens with zero attached hydrogens (tertiary/aromatic N) is 5. The van der Waals surface area contributed by atoms with Crippen LogP contribution in [0.15, 0.2) is 23.3 Å². The number of amides is 1. The fourth-order valence-corrected chi connectivity index (χ4v) is 2.76. The van der Waals surface area contributed by atoms with Crippen LogP contribution in [0.2, 0.25) is 0 Å². The maximum absolute atomic E-state index is 12.7. The summed E-state index contributed by atoms with van der Waals surface area (Å²) in [6.07, 6.45) is 5.88. The molecule has 23 heavy (non-hydrogen) atoms. The molecule has 0 fully saturated rings. The molecule has 0 unspecified atom stereocenters. The smallest absolute Gasteiger partial charge is 0.291 e. The van der Waals surface area contributed by atoms with E-state index in [1.54, 1.807) is 35.2 Å². The fraction of sp³-hybridized carbons (Fsp3) is 0.333. The summed E-state index contributed by atoms with van der Waals surface area (Å²) in [5, 5.41) is 0. The molecule has 3 aromatic heterocycles. The Hall–Kier alpha value is -2.90. The zero-order valence-electron chi connectivity index (χ0n) is 12.9. The molecular formula is C15H16N6O2. The standard InChI is InChI=1S/C15H16N6O2/c1-9-13(23-14(19-9)12-5-20(2)8-18-12)15(22)21-4-3-10-11(6-21)17-7-16-10/h5,7-8H,3-4,6H2,1-2H3,(H,16,17). The van der Waals surface area contributed by atoms with Gasteiger partial charge in [0.05, 0.1) is 36.3 Å². The minimum atomic E-state index is -0.155. The maximum Gasteiger partial charge on any atom is 0.291 e. The normalized spacial score (nSPS) is 14.1. The van der Waals surface area contributed by atoms with Crippen molar-refractivity contribution in [1.82, 2.24) is 29.4 Å². The minimum Gasteiger partial charge on any atom is -0.429 e. The average Bonchev–Trinajstić information content (AvgIpc) is 3.25. The van der Waals surface area contributed by atoms with Crippen molar-refractivity contribution >= 4 is 5.91 Å². The number of hydrogen-bond donors (Lipinski definition) is 1. The van der Waals surface area contributed by atoms with Crippen molar-refractivity contribution in [2.45, 2.75) is 19.9 Å². The number of H-pyrrole nitrogens is 1. The van der Waals surface area contributed by atoms with Gasteiger partial charge in [-0.2, -0.15) is 0 Å². The van der Waals surface area contributed by atoms with Crippen molar-refractivity contribution < 1.29 is 9.21 Å². The van der Waals surface area contributed by atoms with Gasteiger partial charge in [-0.1, -0.05) is 0 Å². The van der Waals surface area contributed by atoms with E-state index in [4.69, 9.17) is 4.42 Å². The molecule has 8 nitrogen and oxygen atoms in total. The molecule has 1 amide bonds. The van der Waals surface area contributed by atoms with E-state index in [1.807, 2.05) is 7.05 Å². The Morgan fingerprint density at radius 3 is 3.04 bits per heavy atom. The number of hydrogen-bond acceptors (Lipinski definition) is 5. The van der Waals surface area contributed by atoms with Gasteiger partial charge < -0.3 is 18.9 Å². The Balaban J connectivity index is 1.61. The first-order valence-corrected chi connectivity index (χ1v) is 7.38. The van der Waals surface area contributed by atoms with E-state index in [-0.39, 0.29) is 11.7 Å². The molecule has 0 bridgehead atoms. The van der Waals surface area contributed by atoms with E-state index < -0.39 is 0 Å². The van der Waals surface area contributed by atoms with Crippen molar-refractivity contribution in [3.05, 3.63) is 41.7 Å². The molecule has 4 rings (SSSR count). The topological polar surface area (TPSA) is 92.8 Å². The van der Waals surface area contributed by atoms with Crippen molar-refractivity contribution in [3.8, 4) is 11.6 Å². The Labute approximate surface area is 132 Å². The van der Waals surface area contributed by atoms with Crippen LogP contribution in [0.1, 0.15) is 27.6 Å². The summed E-state index contributed by atoms with van der Waals surface area (Å²) in [6, 6.07) is 0. The summed E-state index contributed by atoms with van der Waals surface area (Å²) in [5.74, 6) is 0.483. The summed E-state index contributed by atoms with van der Waals surface area (Å²) < 4.78 is 7.50. The molecule has 4 heterocycles. The van der Waals surface area contributed by atoms with Crippen molar-refractivity contribution in [1.29, 1.82) is 0 Å². The molecular weight excluding hydrogens is 296 g/mol. The first kappa shape index (κ1) is 13.7. The van der Waals surface area contributed by atoms with E-state index in [2.05, 4.69) is 19.9 Å². The van der Waals surface area contributed by atoms with Gasteiger partial charge in [-0.05, 0) is 6.92 Å². The lowest BCUT2D eigenvalue weighted by atomic mass is 10.1. The van der Waals surface area contributed by atoms with E-state index >= 15 is 0 Å². The molecule has 0 aromatic carbocycles. The van der Waals surface area contributed by atoms with Crippen LogP contribution >= 0.6 is 0 Å². The number of rotatable bonds is 2. The predicted molar refractivity (Wildman–Crippen MR) is 80.5 cm³/mol. The van der Waals surface area contributed by atoms with E-state index in [0.717, 1.165) is 17.8 Å². The van der Waals surface area contributed by atoms with Crippen molar-refractivity contribution in [2.75, 3.05) is 6.54 Å². The van der Waals surface area contributed by atoms with Gasteiger partial charge in [-0.25, -0.2) is 15.0 Å². The quantitative estimate of drug-likeness (QED) is 0.770. The number of aromatic nitrogens is 5. The number of carbonyl (C=O) groups is 1. The van der Waals surface area contributed by atoms with Gasteiger partial charge >= 0.3 is 0 Å². The highest BCUT2D eigenvalue weighted by atomic mass is 16.4. The number of carbonyl (C=O) groups excluding carboxylic acids is 1. The Bertz CT molecular complexity index is 874. The number of oxazole rings is 1. The number of imidazole rings is 2. The first-order chi connectivity index (χ1) is 11.1. The maximum atomic E-state index is 12.7. The van der Waals surface area contributed by atoms with E-state index in [9.17, 15) is 4.79 Å². The van der Waals surface area contributed by atoms with E-state index in [0.29, 0.717) is 30.4 Å². The lowest BCUT2D eigenvalue weighted by Crippen LogP contribution is -2.36. The molecule has 118 valence electrons. The molecule has 0 saturated carbocycles. The van der Waals surface area contributed by atoms with Crippen LogP contribution < -0.4 is 0 Å². The van der Waals surface area contributed by atoms with E-state index in [1.165, 1.54) is 0 Å². The van der Waals surface area contributed by atoms with Gasteiger partial charge in [0, 0.05) is 26.2 Å². The van der Waals surface area contributed by atoms with Gasteiger partial charge in [-0.15, -0.1) is 0 Å². The van der Waals surface area contributed by atoms with Gasteiger partial charge in [0.1, 0.15) is 5.69 Å². The second-order valence-electron chi connectivity index (χ2n) is 5.66. The monoisotopic (exact) mass is 312 g/mol. The second-order valence-corrected chi connectivity index (χ2v) is 5.66. The van der Waals surface area contributed by atoms with Crippen LogP contribution in [0.25, 0.3) is 11.6 Å². The highest BCUT2D eigenvalue weighted by Gasteiger charge is 2.28. The van der Waals surface area contributed by atoms with Crippen LogP contribution in [-0.2, 0) is 20.0 Å². The number of fused-ring (bicyclic) bond motifs is 1. The molecule has 0 spiro atoms. The lowest BCUT2D eigenvalue weighted by molar-refractivity contribution is 0.0699. The Morgan fingerprint density at radius 2 is 2.26 bits per heavy atom. The Kier molecular flexibility index (Phi) is 3.03. The van der Waals surface area contributed by atoms with Crippen LogP contribution in [-0.4, -0.2) is 41.9 Å². The highest BCUT2D eigenvalue weighted by Crippen LogP contribution is 2.23. The lowest BCUT2D eigenvalue weighted by Gasteiger charge is -2.25. The predicted octanol–water partition coefficient (Wildman–Crippen LogP) is 1.31. The molecule has 3 aromatic rings. The van der Waals surface area contributed by atoms with Gasteiger partial charge in [0.2, 0.25) is 11.7 Å². The minimum absolute atomic E-state index is 0.155. The molecule has 1 aliphatic heterocycles. The zero-order valence-corrected chi connectivity index (χ0v) is 12.9. The van der Waals surface area contributed by atoms with Gasteiger partial charge in [0.15, 0.2) is 0 Å². The summed E-state index contributed by atoms with van der Waals surface area (Å²) in [7, 11) is 1.87. The van der Waals surface area contributed by atoms with Crippen molar-refractivity contribution in [2.24, 2.45) is 7.05 Å². The molecule has 1 aliphatic rings. The summed E-state index contributed by atoms with van der Waals surface area (Å²) in [6.45, 7) is 2.90. The SMILES string of the molecule is Cc1nc(-c2cn(C)cn2)oc1C(=O)N1CCc2nc[nH]c2C1. The Morgan fingerprint density at radius 1 is 1.39 bits per heavy atom. The van der Waals surface area contributed by atoms with Crippen molar-refractivity contribution in [3.63, 3.8) is 0 Å². The van der Waals surface area contributed by atoms with Gasteiger partial charge in [-0.3, -0.25) is 4.79 Å². The third kappa shape index (κ3) is 2.32. The molecule has 0 radical (unpaired) electrons. The zero-order chi connectivity index (χ0) is 16.0. The molecule has 0 atom stereocenters. The number of nitrogens with one attached hydrogen (secondary N) is 1. The second kappa shape index (κ2) is 5.08. The summed E-state index contributed by atoms with van der Waals surface area (Å²) >= 11 is 0. The van der Waals surface area contributed by atoms with Crippen LogP contribution in [0.3, 0.4) is 0 Å². The number of aryl methyl sites for hydroxylation is 2. The van der Waals surface area contributed by atoms with Crippen LogP contribution in [0.4, 0.5) is 0 Å². The van der Waals surface area contributed by atoms with Crippen LogP contribution in [0.5, 0.6) is 0 Å². The summed E-state index contributed by atoms with van der Waals surface area (Å²) in [4.78, 5) is 30.3. The van der Waals surface area contributed by atoms with Gasteiger partial charge in [0.25, 0.3) is 5.91 Å². The molecule has 0 saturated heterocycles. The first-order valence-electron chi connectivity index (χ1n) is 7.38. The number of aromatic amines is 1. The highest BCUT2D eigenvalue weighted by molar-refractivity contribution is 5.93. The molecule has 0 aliphatic carbocycles. The third-order valence-electron chi connectivity index (χ3n) is 3.98. The largest absolute Gasteiger partial charge is 0.429 e. The fourth-order valence-electron chi connectivity index (χ4n) is 2.76. The third-order valence-corrected chi connectivity index (χ3v) is 3.98. The van der Waals surface area contributed by atoms with Crippen LogP contribution in [0, 0.1) is 6.92 Å².